The lowest BCUT2D eigenvalue weighted by atomic mass is 10.1. The molecular formula is C13H10N2O2S. The normalized spacial score (nSPS) is 22.6. The van der Waals surface area contributed by atoms with Crippen LogP contribution in [0.5, 0.6) is 0 Å². The number of hydrogen-bond acceptors (Lipinski definition) is 3. The van der Waals surface area contributed by atoms with Crippen LogP contribution in [0.25, 0.3) is 10.8 Å². The molecule has 0 saturated carbocycles. The van der Waals surface area contributed by atoms with Crippen molar-refractivity contribution in [2.24, 2.45) is 0 Å². The average molecular weight is 258 g/mol. The maximum atomic E-state index is 12.2. The number of nitrogens with zero attached hydrogens (tertiary/aromatic N) is 2. The number of rotatable bonds is 2. The van der Waals surface area contributed by atoms with Gasteiger partial charge in [-0.15, -0.1) is 0 Å². The molecule has 0 bridgehead atoms. The van der Waals surface area contributed by atoms with Gasteiger partial charge in [-0.05, 0) is 22.9 Å². The lowest BCUT2D eigenvalue weighted by Gasteiger charge is -2.05. The van der Waals surface area contributed by atoms with Crippen LogP contribution in [0.2, 0.25) is 0 Å². The molecule has 1 aliphatic heterocycles. The number of sulfonamides is 1. The van der Waals surface area contributed by atoms with E-state index in [4.69, 9.17) is 5.26 Å². The lowest BCUT2D eigenvalue weighted by Crippen LogP contribution is -2.14. The fraction of sp³-hybridized carbons (Fsp3) is 0.154. The Kier molecular flexibility index (Phi) is 2.37. The van der Waals surface area contributed by atoms with Crippen LogP contribution in [0.1, 0.15) is 0 Å². The standard InChI is InChI=1S/C13H10N2O2S/c14-8-12-9-15(12)18(16,17)13-6-5-10-3-1-2-4-11(10)7-13/h1-7,12H,9H2. The van der Waals surface area contributed by atoms with E-state index in [1.54, 1.807) is 18.2 Å². The van der Waals surface area contributed by atoms with E-state index in [1.807, 2.05) is 30.3 Å². The second-order valence-corrected chi connectivity index (χ2v) is 6.12. The third-order valence-corrected chi connectivity index (χ3v) is 4.91. The largest absolute Gasteiger partial charge is 0.244 e. The number of benzene rings is 2. The summed E-state index contributed by atoms with van der Waals surface area (Å²) in [6.45, 7) is 0.297. The fourth-order valence-electron chi connectivity index (χ4n) is 1.96. The smallest absolute Gasteiger partial charge is 0.207 e. The third-order valence-electron chi connectivity index (χ3n) is 3.04. The van der Waals surface area contributed by atoms with E-state index in [-0.39, 0.29) is 4.90 Å². The van der Waals surface area contributed by atoms with Crippen LogP contribution in [0, 0.1) is 11.3 Å². The zero-order chi connectivity index (χ0) is 12.8. The summed E-state index contributed by atoms with van der Waals surface area (Å²) in [5, 5.41) is 10.6. The molecule has 0 aromatic heterocycles. The first kappa shape index (κ1) is 11.2. The summed E-state index contributed by atoms with van der Waals surface area (Å²) in [5.41, 5.74) is 0. The predicted molar refractivity (Wildman–Crippen MR) is 67.2 cm³/mol. The van der Waals surface area contributed by atoms with Crippen molar-refractivity contribution in [1.29, 1.82) is 5.26 Å². The predicted octanol–water partition coefficient (Wildman–Crippen LogP) is 1.74. The molecule has 0 spiro atoms. The van der Waals surface area contributed by atoms with Crippen molar-refractivity contribution in [3.8, 4) is 6.07 Å². The van der Waals surface area contributed by atoms with E-state index in [2.05, 4.69) is 0 Å². The second-order valence-electron chi connectivity index (χ2n) is 4.23. The molecule has 2 atom stereocenters. The molecule has 4 nitrogen and oxygen atoms in total. The van der Waals surface area contributed by atoms with Gasteiger partial charge in [-0.2, -0.15) is 9.57 Å². The van der Waals surface area contributed by atoms with Crippen molar-refractivity contribution in [3.63, 3.8) is 0 Å². The molecule has 2 aromatic rings. The van der Waals surface area contributed by atoms with Crippen molar-refractivity contribution in [1.82, 2.24) is 4.31 Å². The van der Waals surface area contributed by atoms with Crippen molar-refractivity contribution in [3.05, 3.63) is 42.5 Å². The van der Waals surface area contributed by atoms with Gasteiger partial charge in [-0.3, -0.25) is 0 Å². The van der Waals surface area contributed by atoms with Gasteiger partial charge in [0, 0.05) is 6.54 Å². The molecule has 18 heavy (non-hydrogen) atoms. The van der Waals surface area contributed by atoms with Crippen molar-refractivity contribution in [2.75, 3.05) is 6.54 Å². The molecule has 0 amide bonds. The van der Waals surface area contributed by atoms with E-state index in [0.29, 0.717) is 6.54 Å². The van der Waals surface area contributed by atoms with Crippen LogP contribution in [-0.2, 0) is 10.0 Å². The van der Waals surface area contributed by atoms with Gasteiger partial charge in [0.1, 0.15) is 6.04 Å². The molecule has 5 heteroatoms. The highest BCUT2D eigenvalue weighted by Gasteiger charge is 2.44. The molecule has 1 heterocycles. The molecule has 1 saturated heterocycles. The van der Waals surface area contributed by atoms with E-state index in [9.17, 15) is 8.42 Å². The molecule has 3 rings (SSSR count). The van der Waals surface area contributed by atoms with Crippen LogP contribution in [0.4, 0.5) is 0 Å². The van der Waals surface area contributed by atoms with Crippen molar-refractivity contribution < 1.29 is 8.42 Å². The summed E-state index contributed by atoms with van der Waals surface area (Å²) in [6, 6.07) is 14.1. The van der Waals surface area contributed by atoms with Crippen molar-refractivity contribution >= 4 is 20.8 Å². The first-order valence-electron chi connectivity index (χ1n) is 5.53. The van der Waals surface area contributed by atoms with Gasteiger partial charge in [0.25, 0.3) is 0 Å². The highest BCUT2D eigenvalue weighted by atomic mass is 32.2. The second kappa shape index (κ2) is 3.80. The zero-order valence-corrected chi connectivity index (χ0v) is 10.3. The van der Waals surface area contributed by atoms with Gasteiger partial charge in [-0.25, -0.2) is 8.42 Å². The van der Waals surface area contributed by atoms with E-state index in [0.717, 1.165) is 10.8 Å². The Morgan fingerprint density at radius 1 is 1.17 bits per heavy atom. The number of nitriles is 1. The minimum Gasteiger partial charge on any atom is -0.207 e. The Morgan fingerprint density at radius 2 is 1.89 bits per heavy atom. The summed E-state index contributed by atoms with van der Waals surface area (Å²) in [6.07, 6.45) is 0. The van der Waals surface area contributed by atoms with E-state index in [1.165, 1.54) is 4.31 Å². The molecule has 1 fully saturated rings. The molecular weight excluding hydrogens is 248 g/mol. The Bertz CT molecular complexity index is 762. The highest BCUT2D eigenvalue weighted by molar-refractivity contribution is 7.89. The summed E-state index contributed by atoms with van der Waals surface area (Å²) in [5.74, 6) is 0. The summed E-state index contributed by atoms with van der Waals surface area (Å²) in [7, 11) is -3.51. The van der Waals surface area contributed by atoms with E-state index < -0.39 is 16.1 Å². The van der Waals surface area contributed by atoms with Gasteiger partial charge in [0.2, 0.25) is 10.0 Å². The Hall–Kier alpha value is -1.90. The highest BCUT2D eigenvalue weighted by Crippen LogP contribution is 2.29. The SMILES string of the molecule is N#CC1CN1S(=O)(=O)c1ccc2ccccc2c1. The first-order valence-corrected chi connectivity index (χ1v) is 6.97. The minimum atomic E-state index is -3.51. The minimum absolute atomic E-state index is 0.249. The fourth-order valence-corrected chi connectivity index (χ4v) is 3.46. The van der Waals surface area contributed by atoms with E-state index >= 15 is 0 Å². The van der Waals surface area contributed by atoms with Gasteiger partial charge < -0.3 is 0 Å². The molecule has 0 N–H and O–H groups in total. The van der Waals surface area contributed by atoms with Crippen LogP contribution in [0.3, 0.4) is 0 Å². The molecule has 2 aromatic carbocycles. The Labute approximate surface area is 105 Å². The lowest BCUT2D eigenvalue weighted by molar-refractivity contribution is 0.559. The molecule has 1 aliphatic rings. The van der Waals surface area contributed by atoms with Gasteiger partial charge in [0.05, 0.1) is 11.0 Å². The summed E-state index contributed by atoms with van der Waals surface area (Å²) < 4.78 is 25.6. The zero-order valence-electron chi connectivity index (χ0n) is 9.45. The maximum absolute atomic E-state index is 12.2. The third kappa shape index (κ3) is 1.67. The summed E-state index contributed by atoms with van der Waals surface area (Å²) in [4.78, 5) is 0.249. The molecule has 90 valence electrons. The molecule has 0 radical (unpaired) electrons. The monoisotopic (exact) mass is 258 g/mol. The van der Waals surface area contributed by atoms with Crippen LogP contribution in [0.15, 0.2) is 47.4 Å². The van der Waals surface area contributed by atoms with Crippen LogP contribution in [-0.4, -0.2) is 25.3 Å². The van der Waals surface area contributed by atoms with Crippen LogP contribution < -0.4 is 0 Å². The average Bonchev–Trinajstić information content (AvgIpc) is 3.18. The molecule has 0 aliphatic carbocycles. The first-order chi connectivity index (χ1) is 8.63. The quantitative estimate of drug-likeness (QED) is 0.771. The summed E-state index contributed by atoms with van der Waals surface area (Å²) >= 11 is 0. The van der Waals surface area contributed by atoms with Gasteiger partial charge in [-0.1, -0.05) is 30.3 Å². The Balaban J connectivity index is 2.08. The van der Waals surface area contributed by atoms with Gasteiger partial charge in [0.15, 0.2) is 0 Å². The van der Waals surface area contributed by atoms with Crippen molar-refractivity contribution in [2.45, 2.75) is 10.9 Å². The topological polar surface area (TPSA) is 60.9 Å². The maximum Gasteiger partial charge on any atom is 0.244 e. The Morgan fingerprint density at radius 3 is 2.56 bits per heavy atom. The van der Waals surface area contributed by atoms with Crippen LogP contribution >= 0.6 is 0 Å². The molecule has 2 unspecified atom stereocenters. The van der Waals surface area contributed by atoms with Gasteiger partial charge >= 0.3 is 0 Å². The number of hydrogen-bond donors (Lipinski definition) is 0. The number of fused-ring (bicyclic) bond motifs is 1.